The van der Waals surface area contributed by atoms with Crippen LogP contribution in [0.5, 0.6) is 0 Å². The van der Waals surface area contributed by atoms with Crippen LogP contribution in [0.2, 0.25) is 0 Å². The summed E-state index contributed by atoms with van der Waals surface area (Å²) in [5.41, 5.74) is 2.09. The van der Waals surface area contributed by atoms with Crippen molar-refractivity contribution in [1.82, 2.24) is 10.3 Å². The summed E-state index contributed by atoms with van der Waals surface area (Å²) in [6.45, 7) is 6.20. The molecule has 1 heterocycles. The molecule has 2 aromatic rings. The molecule has 110 valence electrons. The average molecular weight is 282 g/mol. The van der Waals surface area contributed by atoms with E-state index in [0.29, 0.717) is 6.42 Å². The van der Waals surface area contributed by atoms with Crippen LogP contribution in [0.4, 0.5) is 0 Å². The number of rotatable bonds is 4. The second-order valence-corrected chi connectivity index (χ2v) is 6.43. The Balaban J connectivity index is 2.24. The van der Waals surface area contributed by atoms with Crippen molar-refractivity contribution in [2.45, 2.75) is 33.2 Å². The van der Waals surface area contributed by atoms with Gasteiger partial charge < -0.3 is 5.32 Å². The molecule has 21 heavy (non-hydrogen) atoms. The molecule has 0 spiro atoms. The number of nitrogens with one attached hydrogen (secondary N) is 1. The van der Waals surface area contributed by atoms with Crippen LogP contribution in [0.3, 0.4) is 0 Å². The van der Waals surface area contributed by atoms with Crippen molar-refractivity contribution in [3.8, 4) is 0 Å². The first kappa shape index (κ1) is 15.2. The summed E-state index contributed by atoms with van der Waals surface area (Å²) < 4.78 is 0. The van der Waals surface area contributed by atoms with E-state index in [1.54, 1.807) is 12.4 Å². The van der Waals surface area contributed by atoms with Gasteiger partial charge in [-0.1, -0.05) is 51.1 Å². The van der Waals surface area contributed by atoms with Crippen LogP contribution in [0, 0.1) is 5.41 Å². The fraction of sp³-hybridized carbons (Fsp3) is 0.333. The highest BCUT2D eigenvalue weighted by Gasteiger charge is 2.20. The lowest BCUT2D eigenvalue weighted by atomic mass is 9.91. The van der Waals surface area contributed by atoms with Crippen LogP contribution in [-0.4, -0.2) is 10.9 Å². The number of nitrogens with zero attached hydrogens (tertiary/aromatic N) is 1. The summed E-state index contributed by atoms with van der Waals surface area (Å²) in [6, 6.07) is 13.8. The zero-order valence-electron chi connectivity index (χ0n) is 12.8. The maximum Gasteiger partial charge on any atom is 0.221 e. The van der Waals surface area contributed by atoms with E-state index >= 15 is 0 Å². The number of benzene rings is 1. The first-order valence-corrected chi connectivity index (χ1v) is 7.20. The molecule has 1 unspecified atom stereocenters. The first-order valence-electron chi connectivity index (χ1n) is 7.20. The van der Waals surface area contributed by atoms with Gasteiger partial charge in [0.25, 0.3) is 0 Å². The highest BCUT2D eigenvalue weighted by atomic mass is 16.1. The van der Waals surface area contributed by atoms with Crippen molar-refractivity contribution in [1.29, 1.82) is 0 Å². The summed E-state index contributed by atoms with van der Waals surface area (Å²) in [4.78, 5) is 16.3. The van der Waals surface area contributed by atoms with Gasteiger partial charge >= 0.3 is 0 Å². The molecule has 0 aliphatic heterocycles. The van der Waals surface area contributed by atoms with Crippen molar-refractivity contribution in [3.63, 3.8) is 0 Å². The molecule has 0 fully saturated rings. The third-order valence-corrected chi connectivity index (χ3v) is 3.17. The molecule has 0 radical (unpaired) electrons. The molecule has 0 bridgehead atoms. The van der Waals surface area contributed by atoms with Gasteiger partial charge in [-0.15, -0.1) is 0 Å². The molecule has 1 amide bonds. The van der Waals surface area contributed by atoms with Gasteiger partial charge in [0.05, 0.1) is 6.04 Å². The smallest absolute Gasteiger partial charge is 0.221 e. The average Bonchev–Trinajstić information content (AvgIpc) is 2.45. The molecule has 1 aromatic heterocycles. The van der Waals surface area contributed by atoms with E-state index in [1.165, 1.54) is 0 Å². The fourth-order valence-electron chi connectivity index (χ4n) is 2.25. The zero-order valence-corrected chi connectivity index (χ0v) is 12.8. The van der Waals surface area contributed by atoms with E-state index in [1.807, 2.05) is 42.5 Å². The van der Waals surface area contributed by atoms with Crippen LogP contribution in [0.15, 0.2) is 54.9 Å². The molecule has 0 aliphatic carbocycles. The Hall–Kier alpha value is -2.16. The Morgan fingerprint density at radius 2 is 1.62 bits per heavy atom. The van der Waals surface area contributed by atoms with Gasteiger partial charge in [-0.05, 0) is 28.7 Å². The van der Waals surface area contributed by atoms with E-state index in [2.05, 4.69) is 31.1 Å². The normalized spacial score (nSPS) is 12.7. The second kappa shape index (κ2) is 6.53. The van der Waals surface area contributed by atoms with Gasteiger partial charge in [0.15, 0.2) is 0 Å². The molecule has 3 heteroatoms. The maximum absolute atomic E-state index is 12.3. The molecular formula is C18H22N2O. The van der Waals surface area contributed by atoms with Crippen molar-refractivity contribution in [2.24, 2.45) is 5.41 Å². The SMILES string of the molecule is CC(C)(C)CC(=O)NC(c1ccccc1)c1ccncc1. The van der Waals surface area contributed by atoms with E-state index in [0.717, 1.165) is 11.1 Å². The number of pyridine rings is 1. The Labute approximate surface area is 126 Å². The number of carbonyl (C=O) groups excluding carboxylic acids is 1. The summed E-state index contributed by atoms with van der Waals surface area (Å²) in [5.74, 6) is 0.0631. The molecule has 1 N–H and O–H groups in total. The topological polar surface area (TPSA) is 42.0 Å². The molecule has 0 saturated carbocycles. The molecule has 1 atom stereocenters. The lowest BCUT2D eigenvalue weighted by Crippen LogP contribution is -2.32. The molecule has 0 aliphatic rings. The van der Waals surface area contributed by atoms with Crippen LogP contribution < -0.4 is 5.32 Å². The minimum Gasteiger partial charge on any atom is -0.345 e. The Kier molecular flexibility index (Phi) is 4.73. The van der Waals surface area contributed by atoms with Gasteiger partial charge in [-0.2, -0.15) is 0 Å². The van der Waals surface area contributed by atoms with Gasteiger partial charge in [0.1, 0.15) is 0 Å². The van der Waals surface area contributed by atoms with Crippen LogP contribution in [0.25, 0.3) is 0 Å². The quantitative estimate of drug-likeness (QED) is 0.928. The summed E-state index contributed by atoms with van der Waals surface area (Å²) in [6.07, 6.45) is 4.00. The number of hydrogen-bond acceptors (Lipinski definition) is 2. The third-order valence-electron chi connectivity index (χ3n) is 3.17. The lowest BCUT2D eigenvalue weighted by molar-refractivity contribution is -0.123. The summed E-state index contributed by atoms with van der Waals surface area (Å²) in [5, 5.41) is 3.14. The number of carbonyl (C=O) groups is 1. The molecule has 2 rings (SSSR count). The van der Waals surface area contributed by atoms with Crippen molar-refractivity contribution in [2.75, 3.05) is 0 Å². The van der Waals surface area contributed by atoms with E-state index in [4.69, 9.17) is 0 Å². The van der Waals surface area contributed by atoms with Crippen LogP contribution in [0.1, 0.15) is 44.4 Å². The fourth-order valence-corrected chi connectivity index (χ4v) is 2.25. The zero-order chi connectivity index (χ0) is 15.3. The molecule has 3 nitrogen and oxygen atoms in total. The highest BCUT2D eigenvalue weighted by molar-refractivity contribution is 5.77. The van der Waals surface area contributed by atoms with E-state index < -0.39 is 0 Å². The van der Waals surface area contributed by atoms with E-state index in [-0.39, 0.29) is 17.4 Å². The minimum absolute atomic E-state index is 0.0242. The van der Waals surface area contributed by atoms with Crippen molar-refractivity contribution >= 4 is 5.91 Å². The lowest BCUT2D eigenvalue weighted by Gasteiger charge is -2.23. The standard InChI is InChI=1S/C18H22N2O/c1-18(2,3)13-16(21)20-17(14-7-5-4-6-8-14)15-9-11-19-12-10-15/h4-12,17H,13H2,1-3H3,(H,20,21). The van der Waals surface area contributed by atoms with Crippen molar-refractivity contribution < 1.29 is 4.79 Å². The van der Waals surface area contributed by atoms with Gasteiger partial charge in [-0.25, -0.2) is 0 Å². The predicted octanol–water partition coefficient (Wildman–Crippen LogP) is 3.72. The Morgan fingerprint density at radius 3 is 2.19 bits per heavy atom. The third kappa shape index (κ3) is 4.71. The second-order valence-electron chi connectivity index (χ2n) is 6.43. The Morgan fingerprint density at radius 1 is 1.05 bits per heavy atom. The van der Waals surface area contributed by atoms with Gasteiger partial charge in [-0.3, -0.25) is 9.78 Å². The molecule has 1 aromatic carbocycles. The maximum atomic E-state index is 12.3. The summed E-state index contributed by atoms with van der Waals surface area (Å²) >= 11 is 0. The monoisotopic (exact) mass is 282 g/mol. The summed E-state index contributed by atoms with van der Waals surface area (Å²) in [7, 11) is 0. The van der Waals surface area contributed by atoms with Crippen LogP contribution >= 0.6 is 0 Å². The van der Waals surface area contributed by atoms with Crippen LogP contribution in [-0.2, 0) is 4.79 Å². The predicted molar refractivity (Wildman–Crippen MR) is 84.7 cm³/mol. The van der Waals surface area contributed by atoms with Gasteiger partial charge in [0.2, 0.25) is 5.91 Å². The van der Waals surface area contributed by atoms with Gasteiger partial charge in [0, 0.05) is 18.8 Å². The number of hydrogen-bond donors (Lipinski definition) is 1. The number of aromatic nitrogens is 1. The number of amides is 1. The largest absolute Gasteiger partial charge is 0.345 e. The highest BCUT2D eigenvalue weighted by Crippen LogP contribution is 2.23. The molecular weight excluding hydrogens is 260 g/mol. The molecule has 0 saturated heterocycles. The minimum atomic E-state index is -0.135. The van der Waals surface area contributed by atoms with E-state index in [9.17, 15) is 4.79 Å². The van der Waals surface area contributed by atoms with Crippen molar-refractivity contribution in [3.05, 3.63) is 66.0 Å². The Bertz CT molecular complexity index is 534. The first-order chi connectivity index (χ1) is 9.96.